The highest BCUT2D eigenvalue weighted by molar-refractivity contribution is 5.81. The zero-order valence-corrected chi connectivity index (χ0v) is 8.17. The summed E-state index contributed by atoms with van der Waals surface area (Å²) in [6.45, 7) is 9.54. The first-order chi connectivity index (χ1) is 5.61. The van der Waals surface area contributed by atoms with Crippen LogP contribution >= 0.6 is 0 Å². The maximum absolute atomic E-state index is 10.9. The Kier molecular flexibility index (Phi) is 5.43. The van der Waals surface area contributed by atoms with Crippen LogP contribution in [0.2, 0.25) is 0 Å². The van der Waals surface area contributed by atoms with Crippen molar-refractivity contribution in [1.29, 1.82) is 0 Å². The highest BCUT2D eigenvalue weighted by Crippen LogP contribution is 2.12. The first kappa shape index (κ1) is 11.2. The van der Waals surface area contributed by atoms with Crippen molar-refractivity contribution >= 4 is 5.97 Å². The molecule has 0 heterocycles. The maximum atomic E-state index is 10.9. The van der Waals surface area contributed by atoms with Crippen molar-refractivity contribution in [2.45, 2.75) is 39.7 Å². The molecule has 2 heteroatoms. The van der Waals surface area contributed by atoms with Gasteiger partial charge in [-0.25, -0.2) is 4.79 Å². The fourth-order valence-corrected chi connectivity index (χ4v) is 1.01. The van der Waals surface area contributed by atoms with E-state index in [1.54, 1.807) is 0 Å². The Hall–Kier alpha value is -0.790. The molecule has 0 radical (unpaired) electrons. The molecule has 0 bridgehead atoms. The molecule has 0 N–H and O–H groups in total. The van der Waals surface area contributed by atoms with E-state index in [0.717, 1.165) is 12.8 Å². The van der Waals surface area contributed by atoms with Gasteiger partial charge in [-0.2, -0.15) is 0 Å². The lowest BCUT2D eigenvalue weighted by Crippen LogP contribution is -2.22. The molecule has 0 amide bonds. The van der Waals surface area contributed by atoms with Gasteiger partial charge in [0.1, 0.15) is 6.10 Å². The number of carbonyl (C=O) groups excluding carboxylic acids is 1. The van der Waals surface area contributed by atoms with Crippen LogP contribution in [0.15, 0.2) is 12.7 Å². The SMILES string of the molecule is C=CC(=O)OC(CCC)C(C)C. The molecule has 12 heavy (non-hydrogen) atoms. The molecule has 0 aliphatic carbocycles. The summed E-state index contributed by atoms with van der Waals surface area (Å²) in [5.41, 5.74) is 0. The minimum absolute atomic E-state index is 0.0421. The Morgan fingerprint density at radius 3 is 2.50 bits per heavy atom. The van der Waals surface area contributed by atoms with Crippen molar-refractivity contribution < 1.29 is 9.53 Å². The average molecular weight is 170 g/mol. The van der Waals surface area contributed by atoms with E-state index in [1.165, 1.54) is 6.08 Å². The van der Waals surface area contributed by atoms with Gasteiger partial charge in [0.15, 0.2) is 0 Å². The summed E-state index contributed by atoms with van der Waals surface area (Å²) in [6.07, 6.45) is 3.22. The van der Waals surface area contributed by atoms with E-state index in [2.05, 4.69) is 27.4 Å². The predicted octanol–water partition coefficient (Wildman–Crippen LogP) is 2.54. The Bertz CT molecular complexity index is 150. The molecular formula is C10H18O2. The number of carbonyl (C=O) groups is 1. The van der Waals surface area contributed by atoms with Crippen LogP contribution in [0.4, 0.5) is 0 Å². The number of esters is 1. The van der Waals surface area contributed by atoms with Gasteiger partial charge in [-0.05, 0) is 12.3 Å². The van der Waals surface area contributed by atoms with Gasteiger partial charge in [0.25, 0.3) is 0 Å². The highest BCUT2D eigenvalue weighted by Gasteiger charge is 2.15. The summed E-state index contributed by atoms with van der Waals surface area (Å²) < 4.78 is 5.14. The van der Waals surface area contributed by atoms with E-state index in [-0.39, 0.29) is 12.1 Å². The molecule has 0 saturated heterocycles. The first-order valence-corrected chi connectivity index (χ1v) is 4.44. The van der Waals surface area contributed by atoms with Gasteiger partial charge >= 0.3 is 5.97 Å². The summed E-state index contributed by atoms with van der Waals surface area (Å²) in [5, 5.41) is 0. The fraction of sp³-hybridized carbons (Fsp3) is 0.700. The molecule has 0 aromatic rings. The monoisotopic (exact) mass is 170 g/mol. The van der Waals surface area contributed by atoms with Gasteiger partial charge < -0.3 is 4.74 Å². The summed E-state index contributed by atoms with van der Waals surface area (Å²) in [7, 11) is 0. The quantitative estimate of drug-likeness (QED) is 0.468. The van der Waals surface area contributed by atoms with Crippen molar-refractivity contribution in [3.8, 4) is 0 Å². The van der Waals surface area contributed by atoms with Crippen LogP contribution in [-0.2, 0) is 9.53 Å². The summed E-state index contributed by atoms with van der Waals surface area (Å²) >= 11 is 0. The van der Waals surface area contributed by atoms with E-state index in [0.29, 0.717) is 5.92 Å². The van der Waals surface area contributed by atoms with Crippen LogP contribution in [0.5, 0.6) is 0 Å². The smallest absolute Gasteiger partial charge is 0.330 e. The second-order valence-corrected chi connectivity index (χ2v) is 3.21. The van der Waals surface area contributed by atoms with Crippen molar-refractivity contribution in [3.63, 3.8) is 0 Å². The van der Waals surface area contributed by atoms with Crippen LogP contribution < -0.4 is 0 Å². The van der Waals surface area contributed by atoms with Crippen molar-refractivity contribution in [2.24, 2.45) is 5.92 Å². The Morgan fingerprint density at radius 1 is 1.58 bits per heavy atom. The normalized spacial score (nSPS) is 12.7. The lowest BCUT2D eigenvalue weighted by molar-refractivity contribution is -0.145. The van der Waals surface area contributed by atoms with Crippen LogP contribution in [-0.4, -0.2) is 12.1 Å². The fourth-order valence-electron chi connectivity index (χ4n) is 1.01. The second-order valence-electron chi connectivity index (χ2n) is 3.21. The van der Waals surface area contributed by atoms with E-state index < -0.39 is 0 Å². The summed E-state index contributed by atoms with van der Waals surface area (Å²) in [5.74, 6) is 0.0657. The van der Waals surface area contributed by atoms with Gasteiger partial charge in [0.05, 0.1) is 0 Å². The second kappa shape index (κ2) is 5.81. The van der Waals surface area contributed by atoms with E-state index >= 15 is 0 Å². The zero-order valence-electron chi connectivity index (χ0n) is 8.17. The molecule has 0 aliphatic heterocycles. The van der Waals surface area contributed by atoms with Gasteiger partial charge in [-0.15, -0.1) is 0 Å². The van der Waals surface area contributed by atoms with Crippen LogP contribution in [0, 0.1) is 5.92 Å². The summed E-state index contributed by atoms with van der Waals surface area (Å²) in [6, 6.07) is 0. The third-order valence-electron chi connectivity index (χ3n) is 1.75. The van der Waals surface area contributed by atoms with Gasteiger partial charge in [0, 0.05) is 6.08 Å². The number of rotatable bonds is 5. The third-order valence-corrected chi connectivity index (χ3v) is 1.75. The van der Waals surface area contributed by atoms with E-state index in [9.17, 15) is 4.79 Å². The van der Waals surface area contributed by atoms with E-state index in [1.807, 2.05) is 0 Å². The lowest BCUT2D eigenvalue weighted by Gasteiger charge is -2.19. The van der Waals surface area contributed by atoms with Gasteiger partial charge in [0.2, 0.25) is 0 Å². The van der Waals surface area contributed by atoms with Crippen LogP contribution in [0.1, 0.15) is 33.6 Å². The number of hydrogen-bond donors (Lipinski definition) is 0. The van der Waals surface area contributed by atoms with Gasteiger partial charge in [-0.1, -0.05) is 33.8 Å². The molecule has 0 aliphatic rings. The molecule has 0 saturated carbocycles. The highest BCUT2D eigenvalue weighted by atomic mass is 16.5. The molecule has 70 valence electrons. The minimum atomic E-state index is -0.317. The molecule has 0 aromatic heterocycles. The molecular weight excluding hydrogens is 152 g/mol. The summed E-state index contributed by atoms with van der Waals surface area (Å²) in [4.78, 5) is 10.9. The van der Waals surface area contributed by atoms with Gasteiger partial charge in [-0.3, -0.25) is 0 Å². The predicted molar refractivity (Wildman–Crippen MR) is 49.8 cm³/mol. The van der Waals surface area contributed by atoms with E-state index in [4.69, 9.17) is 4.74 Å². The van der Waals surface area contributed by atoms with Crippen molar-refractivity contribution in [1.82, 2.24) is 0 Å². The first-order valence-electron chi connectivity index (χ1n) is 4.44. The molecule has 0 rings (SSSR count). The number of hydrogen-bond acceptors (Lipinski definition) is 2. The largest absolute Gasteiger partial charge is 0.459 e. The third kappa shape index (κ3) is 4.16. The average Bonchev–Trinajstić information content (AvgIpc) is 2.03. The van der Waals surface area contributed by atoms with Crippen molar-refractivity contribution in [3.05, 3.63) is 12.7 Å². The Labute approximate surface area is 74.6 Å². The molecule has 0 spiro atoms. The number of ether oxygens (including phenoxy) is 1. The molecule has 1 unspecified atom stereocenters. The van der Waals surface area contributed by atoms with Crippen LogP contribution in [0.25, 0.3) is 0 Å². The molecule has 2 nitrogen and oxygen atoms in total. The zero-order chi connectivity index (χ0) is 9.56. The Balaban J connectivity index is 3.94. The molecule has 1 atom stereocenters. The van der Waals surface area contributed by atoms with Crippen molar-refractivity contribution in [2.75, 3.05) is 0 Å². The molecule has 0 fully saturated rings. The molecule has 0 aromatic carbocycles. The maximum Gasteiger partial charge on any atom is 0.330 e. The lowest BCUT2D eigenvalue weighted by atomic mass is 10.0. The Morgan fingerprint density at radius 2 is 2.17 bits per heavy atom. The van der Waals surface area contributed by atoms with Crippen LogP contribution in [0.3, 0.4) is 0 Å². The standard InChI is InChI=1S/C10H18O2/c1-5-7-9(8(3)4)12-10(11)6-2/h6,8-9H,2,5,7H2,1,3-4H3. The minimum Gasteiger partial charge on any atom is -0.459 e. The topological polar surface area (TPSA) is 26.3 Å².